The second-order valence-corrected chi connectivity index (χ2v) is 4.98. The number of hydrogen-bond acceptors (Lipinski definition) is 6. The van der Waals surface area contributed by atoms with Crippen LogP contribution in [0, 0.1) is 0 Å². The van der Waals surface area contributed by atoms with Crippen molar-refractivity contribution in [2.24, 2.45) is 5.11 Å². The third-order valence-corrected chi connectivity index (χ3v) is 3.44. The Kier molecular flexibility index (Phi) is 5.54. The fraction of sp³-hybridized carbons (Fsp3) is 0.333. The molecule has 2 aromatic rings. The van der Waals surface area contributed by atoms with Gasteiger partial charge in [0, 0.05) is 22.0 Å². The zero-order chi connectivity index (χ0) is 17.7. The third kappa shape index (κ3) is 3.54. The van der Waals surface area contributed by atoms with E-state index in [2.05, 4.69) is 15.0 Å². The van der Waals surface area contributed by atoms with Crippen LogP contribution in [0.5, 0.6) is 0 Å². The van der Waals surface area contributed by atoms with Crippen LogP contribution in [0.3, 0.4) is 0 Å². The van der Waals surface area contributed by atoms with Gasteiger partial charge in [-0.05, 0) is 30.2 Å². The number of carbonyl (C=O) groups excluding carboxylic acids is 1. The van der Waals surface area contributed by atoms with Gasteiger partial charge in [0.25, 0.3) is 0 Å². The minimum absolute atomic E-state index is 0.140. The molecule has 9 heteroatoms. The topological polar surface area (TPSA) is 148 Å². The van der Waals surface area contributed by atoms with Crippen molar-refractivity contribution in [3.05, 3.63) is 56.2 Å². The maximum Gasteiger partial charge on any atom is 0.343 e. The molecule has 0 saturated heterocycles. The summed E-state index contributed by atoms with van der Waals surface area (Å²) in [5.41, 5.74) is 8.28. The molecule has 0 aliphatic rings. The Morgan fingerprint density at radius 1 is 1.46 bits per heavy atom. The van der Waals surface area contributed by atoms with Gasteiger partial charge >= 0.3 is 5.97 Å². The number of aromatic amines is 1. The van der Waals surface area contributed by atoms with Crippen molar-refractivity contribution < 1.29 is 19.7 Å². The van der Waals surface area contributed by atoms with Crippen LogP contribution in [-0.2, 0) is 4.74 Å². The summed E-state index contributed by atoms with van der Waals surface area (Å²) in [6.45, 7) is 1.46. The van der Waals surface area contributed by atoms with Crippen molar-refractivity contribution in [2.45, 2.75) is 19.1 Å². The number of H-pyrrole nitrogens is 1. The Bertz CT molecular complexity index is 857. The first-order valence-electron chi connectivity index (χ1n) is 7.19. The van der Waals surface area contributed by atoms with Crippen LogP contribution in [0.4, 0.5) is 0 Å². The first kappa shape index (κ1) is 17.5. The van der Waals surface area contributed by atoms with Gasteiger partial charge in [0.15, 0.2) is 0 Å². The molecule has 126 valence electrons. The molecule has 0 aliphatic carbocycles. The summed E-state index contributed by atoms with van der Waals surface area (Å²) >= 11 is 0. The summed E-state index contributed by atoms with van der Waals surface area (Å²) in [4.78, 5) is 29.5. The summed E-state index contributed by atoms with van der Waals surface area (Å²) < 4.78 is 4.82. The molecule has 24 heavy (non-hydrogen) atoms. The van der Waals surface area contributed by atoms with Crippen molar-refractivity contribution in [2.75, 3.05) is 13.2 Å². The molecule has 0 spiro atoms. The van der Waals surface area contributed by atoms with E-state index in [-0.39, 0.29) is 29.7 Å². The number of benzene rings is 1. The van der Waals surface area contributed by atoms with Gasteiger partial charge in [-0.15, -0.1) is 0 Å². The average molecular weight is 332 g/mol. The van der Waals surface area contributed by atoms with Crippen LogP contribution in [0.1, 0.15) is 28.9 Å². The highest BCUT2D eigenvalue weighted by Crippen LogP contribution is 2.21. The number of hydrogen-bond donors (Lipinski definition) is 3. The molecule has 9 nitrogen and oxygen atoms in total. The molecule has 2 atom stereocenters. The second kappa shape index (κ2) is 7.60. The quantitative estimate of drug-likeness (QED) is 0.316. The number of azide groups is 1. The molecule has 0 fully saturated rings. The van der Waals surface area contributed by atoms with E-state index in [4.69, 9.17) is 10.3 Å². The number of esters is 1. The molecule has 0 amide bonds. The Balaban J connectivity index is 2.45. The van der Waals surface area contributed by atoms with Crippen molar-refractivity contribution in [3.63, 3.8) is 0 Å². The van der Waals surface area contributed by atoms with E-state index in [0.29, 0.717) is 5.52 Å². The van der Waals surface area contributed by atoms with Crippen LogP contribution in [-0.4, -0.2) is 40.4 Å². The Labute approximate surface area is 136 Å². The van der Waals surface area contributed by atoms with Gasteiger partial charge in [-0.1, -0.05) is 11.2 Å². The summed E-state index contributed by atoms with van der Waals surface area (Å²) in [6.07, 6.45) is -1.38. The van der Waals surface area contributed by atoms with Crippen molar-refractivity contribution >= 4 is 16.9 Å². The van der Waals surface area contributed by atoms with Crippen LogP contribution in [0.2, 0.25) is 0 Å². The van der Waals surface area contributed by atoms with Gasteiger partial charge in [0.2, 0.25) is 5.43 Å². The number of aromatic nitrogens is 1. The number of ether oxygens (including phenoxy) is 1. The average Bonchev–Trinajstić information content (AvgIpc) is 2.59. The smallest absolute Gasteiger partial charge is 0.343 e. The van der Waals surface area contributed by atoms with Gasteiger partial charge in [0.1, 0.15) is 11.7 Å². The molecular formula is C15H16N4O5. The predicted octanol–water partition coefficient (Wildman–Crippen LogP) is 1.41. The largest absolute Gasteiger partial charge is 0.462 e. The van der Waals surface area contributed by atoms with Crippen molar-refractivity contribution in [3.8, 4) is 0 Å². The molecule has 0 aliphatic heterocycles. The van der Waals surface area contributed by atoms with E-state index in [1.165, 1.54) is 18.3 Å². The molecule has 0 bridgehead atoms. The maximum atomic E-state index is 12.4. The molecule has 1 heterocycles. The molecule has 0 saturated carbocycles. The maximum absolute atomic E-state index is 12.4. The van der Waals surface area contributed by atoms with Gasteiger partial charge in [-0.2, -0.15) is 0 Å². The van der Waals surface area contributed by atoms with Crippen molar-refractivity contribution in [1.29, 1.82) is 0 Å². The molecule has 3 N–H and O–H groups in total. The highest BCUT2D eigenvalue weighted by Gasteiger charge is 2.20. The number of pyridine rings is 1. The summed E-state index contributed by atoms with van der Waals surface area (Å²) in [5, 5.41) is 23.2. The van der Waals surface area contributed by atoms with E-state index in [0.717, 1.165) is 0 Å². The van der Waals surface area contributed by atoms with E-state index in [9.17, 15) is 19.8 Å². The lowest BCUT2D eigenvalue weighted by atomic mass is 10.0. The Hall–Kier alpha value is -2.87. The lowest BCUT2D eigenvalue weighted by Crippen LogP contribution is -2.22. The van der Waals surface area contributed by atoms with E-state index < -0.39 is 23.6 Å². The minimum Gasteiger partial charge on any atom is -0.462 e. The number of rotatable bonds is 6. The molecule has 0 radical (unpaired) electrons. The Morgan fingerprint density at radius 2 is 2.21 bits per heavy atom. The molecular weight excluding hydrogens is 316 g/mol. The zero-order valence-electron chi connectivity index (χ0n) is 12.8. The van der Waals surface area contributed by atoms with E-state index >= 15 is 0 Å². The van der Waals surface area contributed by atoms with Gasteiger partial charge in [0.05, 0.1) is 19.3 Å². The molecule has 2 rings (SSSR count). The van der Waals surface area contributed by atoms with Crippen LogP contribution >= 0.6 is 0 Å². The standard InChI is InChI=1S/C15H16N4O5/c1-2-24-15(23)10-6-17-11-4-3-8(5-9(11)14(10)22)13(21)12(20)7-18-19-16/h3-6,12-13,20-21H,2,7H2,1H3,(H,17,22). The fourth-order valence-corrected chi connectivity index (χ4v) is 2.22. The molecule has 1 aromatic heterocycles. The number of aliphatic hydroxyl groups excluding tert-OH is 2. The van der Waals surface area contributed by atoms with Crippen molar-refractivity contribution in [1.82, 2.24) is 4.98 Å². The van der Waals surface area contributed by atoms with E-state index in [1.807, 2.05) is 0 Å². The lowest BCUT2D eigenvalue weighted by Gasteiger charge is -2.16. The molecule has 1 aromatic carbocycles. The Morgan fingerprint density at radius 3 is 2.88 bits per heavy atom. The zero-order valence-corrected chi connectivity index (χ0v) is 12.8. The number of carbonyl (C=O) groups is 1. The lowest BCUT2D eigenvalue weighted by molar-refractivity contribution is 0.0245. The minimum atomic E-state index is -1.34. The highest BCUT2D eigenvalue weighted by molar-refractivity contribution is 5.93. The number of nitrogens with one attached hydrogen (secondary N) is 1. The normalized spacial score (nSPS) is 13.1. The number of aliphatic hydroxyl groups is 2. The summed E-state index contributed by atoms with van der Waals surface area (Å²) in [7, 11) is 0. The summed E-state index contributed by atoms with van der Waals surface area (Å²) in [5.74, 6) is -0.741. The van der Waals surface area contributed by atoms with Crippen LogP contribution in [0.15, 0.2) is 34.3 Å². The van der Waals surface area contributed by atoms with Crippen LogP contribution in [0.25, 0.3) is 21.3 Å². The monoisotopic (exact) mass is 332 g/mol. The third-order valence-electron chi connectivity index (χ3n) is 3.44. The summed E-state index contributed by atoms with van der Waals surface area (Å²) in [6, 6.07) is 4.44. The van der Waals surface area contributed by atoms with Crippen LogP contribution < -0.4 is 5.43 Å². The highest BCUT2D eigenvalue weighted by atomic mass is 16.5. The molecule has 2 unspecified atom stereocenters. The first-order valence-corrected chi connectivity index (χ1v) is 7.19. The van der Waals surface area contributed by atoms with Gasteiger partial charge in [-0.25, -0.2) is 4.79 Å². The van der Waals surface area contributed by atoms with Gasteiger partial charge < -0.3 is 19.9 Å². The second-order valence-electron chi connectivity index (χ2n) is 4.98. The number of nitrogens with zero attached hydrogens (tertiary/aromatic N) is 3. The number of fused-ring (bicyclic) bond motifs is 1. The SMILES string of the molecule is CCOC(=O)c1c[nH]c2ccc(C(O)C(O)CN=[N+]=[N-])cc2c1=O. The predicted molar refractivity (Wildman–Crippen MR) is 85.5 cm³/mol. The first-order chi connectivity index (χ1) is 11.5. The van der Waals surface area contributed by atoms with Gasteiger partial charge in [-0.3, -0.25) is 4.79 Å². The van der Waals surface area contributed by atoms with E-state index in [1.54, 1.807) is 13.0 Å². The fourth-order valence-electron chi connectivity index (χ4n) is 2.22.